The maximum absolute atomic E-state index is 12.3. The smallest absolute Gasteiger partial charge is 0.228 e. The Morgan fingerprint density at radius 2 is 2.08 bits per heavy atom. The summed E-state index contributed by atoms with van der Waals surface area (Å²) in [7, 11) is 0. The SMILES string of the molecule is Cc1n[nH]c(C)c1CC(=O)Nc1ccc(CN2CCC[C@H](C)C2)cc1. The molecule has 0 saturated carbocycles. The molecule has 1 saturated heterocycles. The van der Waals surface area contributed by atoms with Crippen LogP contribution in [0.5, 0.6) is 0 Å². The minimum Gasteiger partial charge on any atom is -0.326 e. The first-order valence-corrected chi connectivity index (χ1v) is 9.13. The van der Waals surface area contributed by atoms with Crippen molar-refractivity contribution < 1.29 is 4.79 Å². The molecule has 0 radical (unpaired) electrons. The highest BCUT2D eigenvalue weighted by Gasteiger charge is 2.16. The van der Waals surface area contributed by atoms with Crippen LogP contribution >= 0.6 is 0 Å². The van der Waals surface area contributed by atoms with E-state index in [-0.39, 0.29) is 5.91 Å². The number of piperidine rings is 1. The van der Waals surface area contributed by atoms with Crippen molar-refractivity contribution in [3.05, 3.63) is 46.8 Å². The van der Waals surface area contributed by atoms with Gasteiger partial charge in [0, 0.05) is 30.0 Å². The molecule has 1 aromatic carbocycles. The fraction of sp³-hybridized carbons (Fsp3) is 0.500. The lowest BCUT2D eigenvalue weighted by molar-refractivity contribution is -0.115. The molecular formula is C20H28N4O. The molecule has 134 valence electrons. The van der Waals surface area contributed by atoms with E-state index in [2.05, 4.69) is 39.5 Å². The fourth-order valence-corrected chi connectivity index (χ4v) is 3.58. The number of rotatable bonds is 5. The Kier molecular flexibility index (Phi) is 5.53. The van der Waals surface area contributed by atoms with Crippen LogP contribution in [0.1, 0.15) is 42.3 Å². The van der Waals surface area contributed by atoms with Crippen molar-refractivity contribution in [1.82, 2.24) is 15.1 Å². The molecule has 1 aromatic heterocycles. The minimum absolute atomic E-state index is 0.00907. The highest BCUT2D eigenvalue weighted by molar-refractivity contribution is 5.92. The zero-order valence-corrected chi connectivity index (χ0v) is 15.4. The molecule has 0 spiro atoms. The van der Waals surface area contributed by atoms with Gasteiger partial charge in [-0.05, 0) is 56.8 Å². The van der Waals surface area contributed by atoms with E-state index in [1.807, 2.05) is 26.0 Å². The normalized spacial score (nSPS) is 18.3. The highest BCUT2D eigenvalue weighted by atomic mass is 16.1. The molecule has 5 heteroatoms. The van der Waals surface area contributed by atoms with Gasteiger partial charge < -0.3 is 5.32 Å². The molecular weight excluding hydrogens is 312 g/mol. The summed E-state index contributed by atoms with van der Waals surface area (Å²) in [4.78, 5) is 14.8. The van der Waals surface area contributed by atoms with Crippen LogP contribution in [0.4, 0.5) is 5.69 Å². The largest absolute Gasteiger partial charge is 0.326 e. The summed E-state index contributed by atoms with van der Waals surface area (Å²) < 4.78 is 0. The molecule has 3 rings (SSSR count). The third kappa shape index (κ3) is 4.69. The minimum atomic E-state index is -0.00907. The Balaban J connectivity index is 1.54. The predicted octanol–water partition coefficient (Wildman–Crippen LogP) is 3.44. The first kappa shape index (κ1) is 17.7. The molecule has 1 atom stereocenters. The molecule has 1 fully saturated rings. The standard InChI is InChI=1S/C20H28N4O/c1-14-5-4-10-24(12-14)13-17-6-8-18(9-7-17)21-20(25)11-19-15(2)22-23-16(19)3/h6-9,14H,4-5,10-13H2,1-3H3,(H,21,25)(H,22,23)/t14-/m0/s1. The van der Waals surface area contributed by atoms with Crippen LogP contribution in [0.2, 0.25) is 0 Å². The number of benzene rings is 1. The maximum atomic E-state index is 12.3. The highest BCUT2D eigenvalue weighted by Crippen LogP contribution is 2.19. The van der Waals surface area contributed by atoms with Crippen molar-refractivity contribution in [2.24, 2.45) is 5.92 Å². The van der Waals surface area contributed by atoms with Crippen LogP contribution in [0.15, 0.2) is 24.3 Å². The number of hydrogen-bond donors (Lipinski definition) is 2. The number of anilines is 1. The quantitative estimate of drug-likeness (QED) is 0.876. The third-order valence-corrected chi connectivity index (χ3v) is 5.00. The number of hydrogen-bond acceptors (Lipinski definition) is 3. The van der Waals surface area contributed by atoms with Crippen LogP contribution in [-0.4, -0.2) is 34.1 Å². The van der Waals surface area contributed by atoms with Crippen LogP contribution in [-0.2, 0) is 17.8 Å². The molecule has 2 N–H and O–H groups in total. The van der Waals surface area contributed by atoms with E-state index in [4.69, 9.17) is 0 Å². The van der Waals surface area contributed by atoms with E-state index in [9.17, 15) is 4.79 Å². The molecule has 25 heavy (non-hydrogen) atoms. The predicted molar refractivity (Wildman–Crippen MR) is 101 cm³/mol. The zero-order chi connectivity index (χ0) is 17.8. The Morgan fingerprint density at radius 1 is 1.32 bits per heavy atom. The van der Waals surface area contributed by atoms with Gasteiger partial charge in [0.05, 0.1) is 12.1 Å². The fourth-order valence-electron chi connectivity index (χ4n) is 3.58. The van der Waals surface area contributed by atoms with Crippen molar-refractivity contribution in [2.45, 2.75) is 46.6 Å². The summed E-state index contributed by atoms with van der Waals surface area (Å²) >= 11 is 0. The number of aromatic nitrogens is 2. The van der Waals surface area contributed by atoms with Gasteiger partial charge in [-0.25, -0.2) is 0 Å². The lowest BCUT2D eigenvalue weighted by Crippen LogP contribution is -2.33. The van der Waals surface area contributed by atoms with Gasteiger partial charge >= 0.3 is 0 Å². The summed E-state index contributed by atoms with van der Waals surface area (Å²) in [6.45, 7) is 9.55. The topological polar surface area (TPSA) is 61.0 Å². The Bertz CT molecular complexity index is 700. The van der Waals surface area contributed by atoms with Crippen molar-refractivity contribution in [2.75, 3.05) is 18.4 Å². The van der Waals surface area contributed by atoms with Gasteiger partial charge in [0.2, 0.25) is 5.91 Å². The Hall–Kier alpha value is -2.14. The molecule has 5 nitrogen and oxygen atoms in total. The third-order valence-electron chi connectivity index (χ3n) is 5.00. The summed E-state index contributed by atoms with van der Waals surface area (Å²) in [6, 6.07) is 8.22. The van der Waals surface area contributed by atoms with Gasteiger partial charge in [0.15, 0.2) is 0 Å². The zero-order valence-electron chi connectivity index (χ0n) is 15.4. The number of carbonyl (C=O) groups is 1. The molecule has 0 unspecified atom stereocenters. The first-order chi connectivity index (χ1) is 12.0. The van der Waals surface area contributed by atoms with E-state index in [0.29, 0.717) is 6.42 Å². The summed E-state index contributed by atoms with van der Waals surface area (Å²) in [5, 5.41) is 10.0. The number of likely N-dealkylation sites (tertiary alicyclic amines) is 1. The maximum Gasteiger partial charge on any atom is 0.228 e. The van der Waals surface area contributed by atoms with E-state index < -0.39 is 0 Å². The molecule has 1 aliphatic rings. The van der Waals surface area contributed by atoms with E-state index in [1.54, 1.807) is 0 Å². The van der Waals surface area contributed by atoms with Crippen molar-refractivity contribution in [3.8, 4) is 0 Å². The molecule has 0 aliphatic carbocycles. The summed E-state index contributed by atoms with van der Waals surface area (Å²) in [5.74, 6) is 0.785. The molecule has 1 aliphatic heterocycles. The second-order valence-electron chi connectivity index (χ2n) is 7.32. The van der Waals surface area contributed by atoms with E-state index in [1.165, 1.54) is 31.5 Å². The molecule has 0 bridgehead atoms. The Morgan fingerprint density at radius 3 is 2.72 bits per heavy atom. The summed E-state index contributed by atoms with van der Waals surface area (Å²) in [6.07, 6.45) is 2.99. The lowest BCUT2D eigenvalue weighted by atomic mass is 10.00. The number of H-pyrrole nitrogens is 1. The summed E-state index contributed by atoms with van der Waals surface area (Å²) in [5.41, 5.74) is 4.97. The van der Waals surface area contributed by atoms with Gasteiger partial charge in [-0.3, -0.25) is 14.8 Å². The van der Waals surface area contributed by atoms with Gasteiger partial charge in [-0.15, -0.1) is 0 Å². The average molecular weight is 340 g/mol. The van der Waals surface area contributed by atoms with Crippen molar-refractivity contribution in [3.63, 3.8) is 0 Å². The molecule has 2 heterocycles. The lowest BCUT2D eigenvalue weighted by Gasteiger charge is -2.30. The molecule has 2 aromatic rings. The van der Waals surface area contributed by atoms with E-state index >= 15 is 0 Å². The second kappa shape index (κ2) is 7.83. The number of aromatic amines is 1. The number of nitrogens with one attached hydrogen (secondary N) is 2. The Labute approximate surface area is 149 Å². The van der Waals surface area contributed by atoms with Gasteiger partial charge in [0.1, 0.15) is 0 Å². The number of amides is 1. The second-order valence-corrected chi connectivity index (χ2v) is 7.32. The number of nitrogens with zero attached hydrogens (tertiary/aromatic N) is 2. The first-order valence-electron chi connectivity index (χ1n) is 9.13. The van der Waals surface area contributed by atoms with Gasteiger partial charge in [-0.2, -0.15) is 5.10 Å². The monoisotopic (exact) mass is 340 g/mol. The van der Waals surface area contributed by atoms with E-state index in [0.717, 1.165) is 35.1 Å². The van der Waals surface area contributed by atoms with Crippen LogP contribution in [0.3, 0.4) is 0 Å². The van der Waals surface area contributed by atoms with Crippen LogP contribution in [0.25, 0.3) is 0 Å². The van der Waals surface area contributed by atoms with Crippen LogP contribution < -0.4 is 5.32 Å². The van der Waals surface area contributed by atoms with Crippen LogP contribution in [0, 0.1) is 19.8 Å². The van der Waals surface area contributed by atoms with Gasteiger partial charge in [-0.1, -0.05) is 19.1 Å². The van der Waals surface area contributed by atoms with Crippen molar-refractivity contribution in [1.29, 1.82) is 0 Å². The number of carbonyl (C=O) groups excluding carboxylic acids is 1. The average Bonchev–Trinajstić information content (AvgIpc) is 2.89. The molecule has 1 amide bonds. The number of aryl methyl sites for hydroxylation is 2. The van der Waals surface area contributed by atoms with Crippen molar-refractivity contribution >= 4 is 11.6 Å². The van der Waals surface area contributed by atoms with Gasteiger partial charge in [0.25, 0.3) is 0 Å².